The summed E-state index contributed by atoms with van der Waals surface area (Å²) >= 11 is 0. The summed E-state index contributed by atoms with van der Waals surface area (Å²) in [6.07, 6.45) is 11.8. The molecule has 0 bridgehead atoms. The minimum absolute atomic E-state index is 0.163. The predicted octanol–water partition coefficient (Wildman–Crippen LogP) is 4.22. The molecule has 2 atom stereocenters. The minimum atomic E-state index is -0.437. The lowest BCUT2D eigenvalue weighted by Crippen LogP contribution is -2.54. The van der Waals surface area contributed by atoms with Crippen molar-refractivity contribution >= 4 is 22.9 Å². The molecule has 0 radical (unpaired) electrons. The number of anilines is 1. The molecule has 1 spiro atoms. The molecular weight excluding hydrogens is 416 g/mol. The number of fused-ring (bicyclic) bond motifs is 1. The highest BCUT2D eigenvalue weighted by molar-refractivity contribution is 5.86. The van der Waals surface area contributed by atoms with Crippen molar-refractivity contribution in [3.8, 4) is 0 Å². The van der Waals surface area contributed by atoms with E-state index in [2.05, 4.69) is 25.6 Å². The number of carbonyl (C=O) groups excluding carboxylic acids is 1. The van der Waals surface area contributed by atoms with Crippen LogP contribution in [0.15, 0.2) is 18.6 Å². The lowest BCUT2D eigenvalue weighted by molar-refractivity contribution is 0.000666. The van der Waals surface area contributed by atoms with E-state index in [-0.39, 0.29) is 11.6 Å². The maximum absolute atomic E-state index is 12.5. The van der Waals surface area contributed by atoms with E-state index in [0.717, 1.165) is 37.0 Å². The zero-order chi connectivity index (χ0) is 23.2. The van der Waals surface area contributed by atoms with Gasteiger partial charge in [0.05, 0.1) is 5.39 Å². The first-order valence-corrected chi connectivity index (χ1v) is 12.5. The number of aromatic nitrogens is 3. The summed E-state index contributed by atoms with van der Waals surface area (Å²) < 4.78 is 7.91. The number of piperidine rings is 1. The van der Waals surface area contributed by atoms with Crippen LogP contribution < -0.4 is 5.73 Å². The minimum Gasteiger partial charge on any atom is -0.444 e. The second kappa shape index (κ2) is 8.46. The van der Waals surface area contributed by atoms with Gasteiger partial charge in [-0.2, -0.15) is 0 Å². The van der Waals surface area contributed by atoms with E-state index in [1.807, 2.05) is 31.7 Å². The number of ether oxygens (including phenoxy) is 1. The highest BCUT2D eigenvalue weighted by Crippen LogP contribution is 2.43. The van der Waals surface area contributed by atoms with Crippen LogP contribution in [-0.2, 0) is 4.74 Å². The van der Waals surface area contributed by atoms with Crippen LogP contribution in [0.25, 0.3) is 11.0 Å². The van der Waals surface area contributed by atoms with Crippen LogP contribution in [0, 0.1) is 5.92 Å². The van der Waals surface area contributed by atoms with E-state index >= 15 is 0 Å². The molecule has 1 aliphatic carbocycles. The molecule has 5 rings (SSSR count). The molecule has 2 aliphatic heterocycles. The van der Waals surface area contributed by atoms with Crippen LogP contribution in [0.5, 0.6) is 0 Å². The molecule has 1 amide bonds. The molecule has 2 aromatic heterocycles. The highest BCUT2D eigenvalue weighted by Gasteiger charge is 2.45. The number of hydrogen-bond acceptors (Lipinski definition) is 6. The number of likely N-dealkylation sites (tertiary alicyclic amines) is 2. The standard InChI is InChI=1S/C25H38N6O2/c1-24(2,3)33-23(32)29-13-9-25(10-14-29)8-4-11-30(25)16-18-5-6-19(15-18)31-12-7-20-21(26)27-17-28-22(20)31/h7,12,17-19H,4-6,8-11,13-16H2,1-3H3,(H2,26,27,28)/t18-,19+/m1/s1. The van der Waals surface area contributed by atoms with Crippen LogP contribution in [0.1, 0.15) is 71.8 Å². The predicted molar refractivity (Wildman–Crippen MR) is 129 cm³/mol. The molecule has 0 unspecified atom stereocenters. The number of nitrogens with zero attached hydrogens (tertiary/aromatic N) is 5. The van der Waals surface area contributed by atoms with Crippen molar-refractivity contribution in [1.29, 1.82) is 0 Å². The summed E-state index contributed by atoms with van der Waals surface area (Å²) in [6, 6.07) is 2.53. The fourth-order valence-electron chi connectivity index (χ4n) is 6.34. The smallest absolute Gasteiger partial charge is 0.410 e. The van der Waals surface area contributed by atoms with Crippen molar-refractivity contribution in [2.45, 2.75) is 82.9 Å². The zero-order valence-electron chi connectivity index (χ0n) is 20.3. The molecule has 33 heavy (non-hydrogen) atoms. The van der Waals surface area contributed by atoms with Gasteiger partial charge >= 0.3 is 6.09 Å². The fraction of sp³-hybridized carbons (Fsp3) is 0.720. The van der Waals surface area contributed by atoms with Crippen molar-refractivity contribution in [3.05, 3.63) is 18.6 Å². The van der Waals surface area contributed by atoms with E-state index in [9.17, 15) is 4.79 Å². The van der Waals surface area contributed by atoms with Crippen molar-refractivity contribution in [1.82, 2.24) is 24.3 Å². The first-order chi connectivity index (χ1) is 15.7. The van der Waals surface area contributed by atoms with Crippen molar-refractivity contribution in [3.63, 3.8) is 0 Å². The van der Waals surface area contributed by atoms with Crippen LogP contribution in [0.2, 0.25) is 0 Å². The Morgan fingerprint density at radius 3 is 2.73 bits per heavy atom. The maximum Gasteiger partial charge on any atom is 0.410 e. The molecule has 1 saturated carbocycles. The quantitative estimate of drug-likeness (QED) is 0.747. The number of nitrogen functional groups attached to an aromatic ring is 1. The topological polar surface area (TPSA) is 89.5 Å². The average Bonchev–Trinajstić information content (AvgIpc) is 3.48. The van der Waals surface area contributed by atoms with E-state index in [4.69, 9.17) is 10.5 Å². The van der Waals surface area contributed by atoms with Gasteiger partial charge in [-0.05, 0) is 84.2 Å². The molecule has 8 nitrogen and oxygen atoms in total. The Morgan fingerprint density at radius 2 is 1.97 bits per heavy atom. The molecule has 2 aromatic rings. The lowest BCUT2D eigenvalue weighted by Gasteiger charge is -2.46. The van der Waals surface area contributed by atoms with E-state index in [0.29, 0.717) is 17.8 Å². The third-order valence-corrected chi connectivity index (χ3v) is 8.01. The summed E-state index contributed by atoms with van der Waals surface area (Å²) in [6.45, 7) is 9.75. The zero-order valence-corrected chi connectivity index (χ0v) is 20.3. The summed E-state index contributed by atoms with van der Waals surface area (Å²) in [4.78, 5) is 25.8. The van der Waals surface area contributed by atoms with Crippen molar-refractivity contribution in [2.75, 3.05) is 31.9 Å². The molecule has 3 aliphatic rings. The van der Waals surface area contributed by atoms with Crippen LogP contribution in [-0.4, -0.2) is 67.7 Å². The van der Waals surface area contributed by atoms with Crippen molar-refractivity contribution < 1.29 is 9.53 Å². The van der Waals surface area contributed by atoms with Gasteiger partial charge in [0.15, 0.2) is 0 Å². The van der Waals surface area contributed by atoms with Gasteiger partial charge in [-0.25, -0.2) is 14.8 Å². The van der Waals surface area contributed by atoms with Gasteiger partial charge in [-0.1, -0.05) is 0 Å². The molecule has 180 valence electrons. The highest BCUT2D eigenvalue weighted by atomic mass is 16.6. The molecule has 0 aromatic carbocycles. The van der Waals surface area contributed by atoms with Crippen LogP contribution in [0.4, 0.5) is 10.6 Å². The molecule has 2 saturated heterocycles. The Kier molecular flexibility index (Phi) is 5.75. The van der Waals surface area contributed by atoms with Gasteiger partial charge in [-0.3, -0.25) is 4.90 Å². The van der Waals surface area contributed by atoms with Gasteiger partial charge < -0.3 is 19.9 Å². The monoisotopic (exact) mass is 454 g/mol. The number of hydrogen-bond donors (Lipinski definition) is 1. The summed E-state index contributed by atoms with van der Waals surface area (Å²) in [5.74, 6) is 1.26. The molecule has 3 fully saturated rings. The summed E-state index contributed by atoms with van der Waals surface area (Å²) in [5, 5.41) is 0.955. The van der Waals surface area contributed by atoms with Crippen LogP contribution in [0.3, 0.4) is 0 Å². The Hall–Kier alpha value is -2.35. The Morgan fingerprint density at radius 1 is 1.18 bits per heavy atom. The lowest BCUT2D eigenvalue weighted by atomic mass is 9.84. The Balaban J connectivity index is 1.20. The maximum atomic E-state index is 12.5. The van der Waals surface area contributed by atoms with Gasteiger partial charge in [0.2, 0.25) is 0 Å². The third kappa shape index (κ3) is 4.42. The average molecular weight is 455 g/mol. The number of nitrogens with two attached hydrogens (primary N) is 1. The fourth-order valence-corrected chi connectivity index (χ4v) is 6.34. The van der Waals surface area contributed by atoms with Gasteiger partial charge in [0, 0.05) is 37.4 Å². The second-order valence-electron chi connectivity index (χ2n) is 11.3. The number of amides is 1. The molecule has 2 N–H and O–H groups in total. The Bertz CT molecular complexity index is 1000. The molecular formula is C25H38N6O2. The van der Waals surface area contributed by atoms with Gasteiger partial charge in [-0.15, -0.1) is 0 Å². The normalized spacial score (nSPS) is 25.8. The van der Waals surface area contributed by atoms with E-state index < -0.39 is 5.60 Å². The van der Waals surface area contributed by atoms with E-state index in [1.54, 1.807) is 6.33 Å². The van der Waals surface area contributed by atoms with E-state index in [1.165, 1.54) is 45.2 Å². The number of rotatable bonds is 3. The summed E-state index contributed by atoms with van der Waals surface area (Å²) in [5.41, 5.74) is 6.82. The second-order valence-corrected chi connectivity index (χ2v) is 11.3. The SMILES string of the molecule is CC(C)(C)OC(=O)N1CCC2(CCCN2C[C@@H]2CC[C@H](n3ccc4c(N)ncnc43)C2)CC1. The van der Waals surface area contributed by atoms with Gasteiger partial charge in [0.1, 0.15) is 23.4 Å². The molecule has 4 heterocycles. The first-order valence-electron chi connectivity index (χ1n) is 12.5. The largest absolute Gasteiger partial charge is 0.444 e. The van der Waals surface area contributed by atoms with Gasteiger partial charge in [0.25, 0.3) is 0 Å². The summed E-state index contributed by atoms with van der Waals surface area (Å²) in [7, 11) is 0. The first kappa shape index (κ1) is 22.4. The molecule has 8 heteroatoms. The van der Waals surface area contributed by atoms with Crippen molar-refractivity contribution in [2.24, 2.45) is 5.92 Å². The number of carbonyl (C=O) groups is 1. The third-order valence-electron chi connectivity index (χ3n) is 8.01. The Labute approximate surface area is 196 Å². The van der Waals surface area contributed by atoms with Crippen LogP contribution >= 0.6 is 0 Å².